The van der Waals surface area contributed by atoms with E-state index in [0.717, 1.165) is 27.2 Å². The molecule has 37 heavy (non-hydrogen) atoms. The third-order valence-electron chi connectivity index (χ3n) is 7.91. The number of carbonyl (C=O) groups excluding carboxylic acids is 1. The van der Waals surface area contributed by atoms with Gasteiger partial charge in [0.2, 0.25) is 0 Å². The number of nitrogens with zero attached hydrogens (tertiary/aromatic N) is 2. The predicted octanol–water partition coefficient (Wildman–Crippen LogP) is 5.79. The van der Waals surface area contributed by atoms with Crippen LogP contribution >= 0.6 is 0 Å². The van der Waals surface area contributed by atoms with Crippen LogP contribution in [-0.2, 0) is 9.53 Å². The third-order valence-corrected chi connectivity index (χ3v) is 7.91. The molecular weight excluding hydrogens is 472 g/mol. The molecule has 3 aromatic rings. The molecule has 1 N–H and O–H groups in total. The maximum absolute atomic E-state index is 13.7. The number of carboxylic acid groups (broad SMARTS) is 1. The van der Waals surface area contributed by atoms with Crippen molar-refractivity contribution in [2.24, 2.45) is 5.92 Å². The normalized spacial score (nSPS) is 21.1. The quantitative estimate of drug-likeness (QED) is 0.278. The van der Waals surface area contributed by atoms with Crippen LogP contribution in [0.15, 0.2) is 72.8 Å². The first kappa shape index (κ1) is 23.0. The first-order chi connectivity index (χ1) is 17.9. The van der Waals surface area contributed by atoms with E-state index in [4.69, 9.17) is 4.74 Å². The molecule has 0 radical (unpaired) electrons. The topological polar surface area (TPSA) is 110 Å². The van der Waals surface area contributed by atoms with Gasteiger partial charge in [0.1, 0.15) is 12.6 Å². The van der Waals surface area contributed by atoms with E-state index in [1.807, 2.05) is 60.7 Å². The highest BCUT2D eigenvalue weighted by atomic mass is 16.6. The molecule has 1 aliphatic heterocycles. The van der Waals surface area contributed by atoms with Gasteiger partial charge in [0.25, 0.3) is 5.69 Å². The van der Waals surface area contributed by atoms with Gasteiger partial charge in [-0.25, -0.2) is 9.59 Å². The molecule has 0 unspecified atom stereocenters. The minimum atomic E-state index is -1.20. The summed E-state index contributed by atoms with van der Waals surface area (Å²) >= 11 is 0. The molecule has 0 saturated carbocycles. The summed E-state index contributed by atoms with van der Waals surface area (Å²) in [7, 11) is 0. The maximum Gasteiger partial charge on any atom is 0.415 e. The molecule has 186 valence electrons. The zero-order chi connectivity index (χ0) is 25.8. The Morgan fingerprint density at radius 2 is 1.68 bits per heavy atom. The van der Waals surface area contributed by atoms with Crippen LogP contribution < -0.4 is 4.90 Å². The van der Waals surface area contributed by atoms with Crippen molar-refractivity contribution in [3.05, 3.63) is 105 Å². The molecule has 1 heterocycles. The summed E-state index contributed by atoms with van der Waals surface area (Å²) in [5, 5.41) is 21.9. The number of allylic oxidation sites excluding steroid dienone is 2. The Kier molecular flexibility index (Phi) is 5.33. The monoisotopic (exact) mass is 496 g/mol. The number of hydrogen-bond acceptors (Lipinski definition) is 5. The third kappa shape index (κ3) is 3.43. The lowest BCUT2D eigenvalue weighted by Crippen LogP contribution is -2.54. The number of hydrogen-bond donors (Lipinski definition) is 1. The maximum atomic E-state index is 13.7. The molecule has 1 amide bonds. The summed E-state index contributed by atoms with van der Waals surface area (Å²) in [6.07, 6.45) is 3.52. The van der Waals surface area contributed by atoms with Crippen molar-refractivity contribution in [3.63, 3.8) is 0 Å². The molecule has 0 aromatic heterocycles. The second kappa shape index (κ2) is 8.58. The number of nitro benzene ring substituents is 1. The van der Waals surface area contributed by atoms with E-state index in [0.29, 0.717) is 12.0 Å². The smallest absolute Gasteiger partial charge is 0.415 e. The first-order valence-corrected chi connectivity index (χ1v) is 12.2. The molecule has 0 bridgehead atoms. The summed E-state index contributed by atoms with van der Waals surface area (Å²) in [5.74, 6) is -1.99. The van der Waals surface area contributed by atoms with E-state index in [9.17, 15) is 24.8 Å². The van der Waals surface area contributed by atoms with E-state index >= 15 is 0 Å². The fourth-order valence-electron chi connectivity index (χ4n) is 6.32. The van der Waals surface area contributed by atoms with E-state index in [2.05, 4.69) is 0 Å². The molecule has 8 nitrogen and oxygen atoms in total. The van der Waals surface area contributed by atoms with Gasteiger partial charge in [-0.05, 0) is 47.2 Å². The van der Waals surface area contributed by atoms with Crippen LogP contribution in [0.25, 0.3) is 11.1 Å². The number of anilines is 1. The molecule has 3 aliphatic rings. The highest BCUT2D eigenvalue weighted by Gasteiger charge is 2.49. The Labute approximate surface area is 212 Å². The lowest BCUT2D eigenvalue weighted by molar-refractivity contribution is -0.385. The van der Waals surface area contributed by atoms with Gasteiger partial charge in [-0.3, -0.25) is 15.0 Å². The molecule has 6 rings (SSSR count). The highest BCUT2D eigenvalue weighted by Crippen LogP contribution is 2.51. The van der Waals surface area contributed by atoms with Gasteiger partial charge in [-0.1, -0.05) is 60.7 Å². The number of fused-ring (bicyclic) bond motifs is 6. The van der Waals surface area contributed by atoms with Crippen LogP contribution in [0.2, 0.25) is 0 Å². The number of rotatable bonds is 4. The van der Waals surface area contributed by atoms with Crippen LogP contribution in [0.1, 0.15) is 40.5 Å². The van der Waals surface area contributed by atoms with E-state index in [-0.39, 0.29) is 41.3 Å². The van der Waals surface area contributed by atoms with Crippen molar-refractivity contribution in [1.29, 1.82) is 0 Å². The van der Waals surface area contributed by atoms with Gasteiger partial charge in [0, 0.05) is 23.8 Å². The van der Waals surface area contributed by atoms with Crippen molar-refractivity contribution < 1.29 is 24.4 Å². The Morgan fingerprint density at radius 1 is 1.03 bits per heavy atom. The molecule has 3 aromatic carbocycles. The van der Waals surface area contributed by atoms with Crippen LogP contribution in [0.3, 0.4) is 0 Å². The lowest BCUT2D eigenvalue weighted by Gasteiger charge is -2.41. The number of amides is 1. The molecule has 3 atom stereocenters. The zero-order valence-electron chi connectivity index (χ0n) is 20.0. The largest absolute Gasteiger partial charge is 0.480 e. The number of ether oxygens (including phenoxy) is 1. The van der Waals surface area contributed by atoms with Crippen molar-refractivity contribution in [3.8, 4) is 11.1 Å². The fourth-order valence-corrected chi connectivity index (χ4v) is 6.32. The average molecular weight is 497 g/mol. The van der Waals surface area contributed by atoms with Gasteiger partial charge in [-0.15, -0.1) is 0 Å². The van der Waals surface area contributed by atoms with E-state index in [1.165, 1.54) is 6.07 Å². The van der Waals surface area contributed by atoms with Crippen LogP contribution in [0.4, 0.5) is 16.2 Å². The van der Waals surface area contributed by atoms with E-state index in [1.54, 1.807) is 13.0 Å². The average Bonchev–Trinajstić information content (AvgIpc) is 3.49. The second-order valence-electron chi connectivity index (χ2n) is 9.72. The van der Waals surface area contributed by atoms with Crippen molar-refractivity contribution >= 4 is 23.4 Å². The molecular formula is C29H24N2O6. The lowest BCUT2D eigenvalue weighted by atomic mass is 9.77. The van der Waals surface area contributed by atoms with Gasteiger partial charge >= 0.3 is 12.1 Å². The number of carbonyl (C=O) groups is 2. The molecule has 0 spiro atoms. The Morgan fingerprint density at radius 3 is 2.30 bits per heavy atom. The number of benzene rings is 3. The van der Waals surface area contributed by atoms with Crippen LogP contribution in [0, 0.1) is 23.0 Å². The van der Waals surface area contributed by atoms with Gasteiger partial charge in [0.05, 0.1) is 16.2 Å². The molecule has 0 saturated heterocycles. The van der Waals surface area contributed by atoms with Gasteiger partial charge in [-0.2, -0.15) is 0 Å². The molecule has 0 fully saturated rings. The number of carboxylic acids is 1. The van der Waals surface area contributed by atoms with Gasteiger partial charge in [0.15, 0.2) is 0 Å². The summed E-state index contributed by atoms with van der Waals surface area (Å²) in [5.41, 5.74) is 5.28. The minimum Gasteiger partial charge on any atom is -0.480 e. The summed E-state index contributed by atoms with van der Waals surface area (Å²) in [6, 6.07) is 17.8. The summed E-state index contributed by atoms with van der Waals surface area (Å²) < 4.78 is 5.85. The molecule has 8 heteroatoms. The van der Waals surface area contributed by atoms with Gasteiger partial charge < -0.3 is 9.84 Å². The van der Waals surface area contributed by atoms with Crippen LogP contribution in [0.5, 0.6) is 0 Å². The Hall–Kier alpha value is -4.46. The highest BCUT2D eigenvalue weighted by molar-refractivity contribution is 5.99. The Bertz CT molecular complexity index is 1450. The SMILES string of the molecule is Cc1c([N+](=O)[O-])ccc2c1N(C(=O)OCC1c3ccccc3-c3ccccc31)[C@@H](C(=O)O)[C@H]1CC=C[C@@H]21. The standard InChI is InChI=1S/C29H24N2O6/c1-16-25(31(35)36)14-13-23-21-11-6-12-22(21)27(28(32)33)30(26(16)23)29(34)37-15-24-19-9-4-2-7-17(19)18-8-3-5-10-20(18)24/h2-11,13-14,21-22,24,27H,12,15H2,1H3,(H,32,33)/t21-,22+,27-/m1/s1. The Balaban J connectivity index is 1.39. The van der Waals surface area contributed by atoms with Crippen molar-refractivity contribution in [2.75, 3.05) is 11.5 Å². The van der Waals surface area contributed by atoms with Crippen molar-refractivity contribution in [1.82, 2.24) is 0 Å². The summed E-state index contributed by atoms with van der Waals surface area (Å²) in [6.45, 7) is 1.57. The molecule has 2 aliphatic carbocycles. The first-order valence-electron chi connectivity index (χ1n) is 12.2. The number of aliphatic carboxylic acids is 1. The van der Waals surface area contributed by atoms with Crippen molar-refractivity contribution in [2.45, 2.75) is 31.2 Å². The van der Waals surface area contributed by atoms with Crippen LogP contribution in [-0.4, -0.2) is 34.7 Å². The fraction of sp³-hybridized carbons (Fsp3) is 0.241. The zero-order valence-corrected chi connectivity index (χ0v) is 20.0. The predicted molar refractivity (Wildman–Crippen MR) is 137 cm³/mol. The number of nitro groups is 1. The second-order valence-corrected chi connectivity index (χ2v) is 9.72. The minimum absolute atomic E-state index is 0.0192. The summed E-state index contributed by atoms with van der Waals surface area (Å²) in [4.78, 5) is 38.6. The van der Waals surface area contributed by atoms with E-state index < -0.39 is 23.0 Å².